The Kier molecular flexibility index (Phi) is 15.9. The number of halogens is 1. The van der Waals surface area contributed by atoms with E-state index in [1.807, 2.05) is 0 Å². The van der Waals surface area contributed by atoms with Gasteiger partial charge in [0.15, 0.2) is 0 Å². The summed E-state index contributed by atoms with van der Waals surface area (Å²) >= 11 is 5.20. The van der Waals surface area contributed by atoms with E-state index in [0.717, 1.165) is 5.69 Å². The molecule has 0 atom stereocenters. The van der Waals surface area contributed by atoms with Crippen LogP contribution < -0.4 is 5.32 Å². The summed E-state index contributed by atoms with van der Waals surface area (Å²) in [6, 6.07) is 11.6. The molecule has 0 aliphatic heterocycles. The molecule has 0 saturated heterocycles. The summed E-state index contributed by atoms with van der Waals surface area (Å²) in [6.45, 7) is 7.00. The average molecular weight is 580 g/mol. The van der Waals surface area contributed by atoms with E-state index >= 15 is 0 Å². The van der Waals surface area contributed by atoms with Crippen LogP contribution in [0.2, 0.25) is 18.3 Å². The van der Waals surface area contributed by atoms with Crippen LogP contribution in [0.5, 0.6) is 0 Å². The Labute approximate surface area is 211 Å². The van der Waals surface area contributed by atoms with Crippen LogP contribution in [0, 0.1) is 0 Å². The van der Waals surface area contributed by atoms with E-state index in [1.54, 1.807) is 56.8 Å². The second kappa shape index (κ2) is 17.8. The molecule has 7 heteroatoms. The van der Waals surface area contributed by atoms with Gasteiger partial charge in [-0.2, -0.15) is 5.11 Å². The van der Waals surface area contributed by atoms with E-state index in [1.165, 1.54) is 44.6 Å². The van der Waals surface area contributed by atoms with E-state index in [4.69, 9.17) is 16.7 Å². The number of aromatic carboxylic acids is 1. The molecule has 0 fully saturated rings. The number of unbranched alkanes of at least 4 members (excludes halogenated alkanes) is 3. The first-order valence-corrected chi connectivity index (χ1v) is 18.4. The first-order valence-electron chi connectivity index (χ1n) is 12.0. The van der Waals surface area contributed by atoms with Gasteiger partial charge in [-0.3, -0.25) is 0 Å². The van der Waals surface area contributed by atoms with Gasteiger partial charge in [0, 0.05) is 7.05 Å². The third kappa shape index (κ3) is 11.9. The van der Waals surface area contributed by atoms with Gasteiger partial charge >= 0.3 is 98.3 Å². The Hall–Kier alpha value is -1.60. The molecule has 2 N–H and O–H groups in total. The Balaban J connectivity index is 0.000000366. The number of carbonyl (C=O) groups is 1. The second-order valence-corrected chi connectivity index (χ2v) is 17.0. The molecule has 1 radical (unpaired) electrons. The van der Waals surface area contributed by atoms with Crippen molar-refractivity contribution in [2.75, 3.05) is 12.4 Å². The third-order valence-corrected chi connectivity index (χ3v) is 14.7. The fourth-order valence-electron chi connectivity index (χ4n) is 3.28. The van der Waals surface area contributed by atoms with Crippen molar-refractivity contribution in [1.82, 2.24) is 0 Å². The topological polar surface area (TPSA) is 74.0 Å². The normalized spacial score (nSPS) is 10.8. The molecule has 2 aromatic rings. The van der Waals surface area contributed by atoms with Gasteiger partial charge in [-0.15, -0.1) is 5.11 Å². The Bertz CT molecular complexity index is 842. The van der Waals surface area contributed by atoms with Crippen molar-refractivity contribution in [2.45, 2.75) is 72.6 Å². The number of benzene rings is 2. The smallest absolute Gasteiger partial charge is 0.337 e. The molecule has 2 rings (SSSR count). The van der Waals surface area contributed by atoms with Crippen LogP contribution in [0.15, 0.2) is 52.7 Å². The number of nitrogens with one attached hydrogen (secondary N) is 1. The zero-order chi connectivity index (χ0) is 24.5. The van der Waals surface area contributed by atoms with E-state index in [-0.39, 0.29) is 5.56 Å². The molecule has 181 valence electrons. The van der Waals surface area contributed by atoms with Crippen LogP contribution >= 0.6 is 11.6 Å². The van der Waals surface area contributed by atoms with Crippen LogP contribution in [0.4, 0.5) is 17.1 Å². The van der Waals surface area contributed by atoms with Crippen molar-refractivity contribution in [3.8, 4) is 0 Å². The number of nitrogens with zero attached hydrogens (tertiary/aromatic N) is 2. The maximum absolute atomic E-state index is 11.0. The average Bonchev–Trinajstić information content (AvgIpc) is 2.83. The number of azo groups is 1. The predicted molar refractivity (Wildman–Crippen MR) is 143 cm³/mol. The van der Waals surface area contributed by atoms with Crippen LogP contribution in [0.25, 0.3) is 0 Å². The summed E-state index contributed by atoms with van der Waals surface area (Å²) in [7, 11) is 1.77. The van der Waals surface area contributed by atoms with Crippen molar-refractivity contribution in [3.63, 3.8) is 0 Å². The van der Waals surface area contributed by atoms with Gasteiger partial charge in [-0.1, -0.05) is 23.7 Å². The fraction of sp³-hybridized carbons (Fsp3) is 0.500. The first kappa shape index (κ1) is 29.4. The Morgan fingerprint density at radius 2 is 1.52 bits per heavy atom. The molecule has 0 aliphatic rings. The molecule has 0 spiro atoms. The monoisotopic (exact) mass is 580 g/mol. The Morgan fingerprint density at radius 1 is 0.939 bits per heavy atom. The molecule has 5 nitrogen and oxygen atoms in total. The minimum atomic E-state index is -1.04. The number of carboxylic acids is 1. The number of rotatable bonds is 13. The molecule has 0 saturated carbocycles. The molecule has 0 heterocycles. The molecular weight excluding hydrogens is 540 g/mol. The number of hydrogen-bond acceptors (Lipinski definition) is 4. The van der Waals surface area contributed by atoms with Crippen LogP contribution in [0.3, 0.4) is 0 Å². The van der Waals surface area contributed by atoms with Gasteiger partial charge < -0.3 is 10.4 Å². The molecule has 0 aromatic heterocycles. The maximum Gasteiger partial charge on any atom is 0.337 e. The maximum atomic E-state index is 11.0. The molecule has 33 heavy (non-hydrogen) atoms. The molecule has 0 bridgehead atoms. The summed E-state index contributed by atoms with van der Waals surface area (Å²) in [6.07, 6.45) is 8.85. The summed E-state index contributed by atoms with van der Waals surface area (Å²) in [4.78, 5) is 11.0. The standard InChI is InChI=1S/C14H12ClN3O2.3C4H9.Sn/c1-16-13-7-6-9(8-11(13)15)17-18-12-5-3-2-4-10(12)14(19)20;3*1-3-4-2;/h2-8,16H,1H3,(H,19,20);3*1,3-4H2,2H3;. The summed E-state index contributed by atoms with van der Waals surface area (Å²) in [5.74, 6) is -1.04. The van der Waals surface area contributed by atoms with Crippen molar-refractivity contribution in [3.05, 3.63) is 53.1 Å². The molecule has 0 unspecified atom stereocenters. The van der Waals surface area contributed by atoms with Crippen molar-refractivity contribution in [1.29, 1.82) is 0 Å². The van der Waals surface area contributed by atoms with Gasteiger partial charge in [-0.05, 0) is 30.3 Å². The molecule has 0 amide bonds. The summed E-state index contributed by atoms with van der Waals surface area (Å²) in [5.41, 5.74) is 1.74. The number of anilines is 1. The van der Waals surface area contributed by atoms with Gasteiger partial charge in [0.1, 0.15) is 5.69 Å². The largest absolute Gasteiger partial charge is 0.478 e. The number of carboxylic acid groups (broad SMARTS) is 1. The van der Waals surface area contributed by atoms with E-state index in [2.05, 4.69) is 36.3 Å². The number of hydrogen-bond donors (Lipinski definition) is 2. The zero-order valence-corrected chi connectivity index (χ0v) is 24.1. The second-order valence-electron chi connectivity index (χ2n) is 8.00. The molecule has 2 aromatic carbocycles. The Morgan fingerprint density at radius 3 is 2.00 bits per heavy atom. The minimum Gasteiger partial charge on any atom is -0.478 e. The van der Waals surface area contributed by atoms with E-state index < -0.39 is 25.7 Å². The first-order chi connectivity index (χ1) is 16.0. The van der Waals surface area contributed by atoms with Crippen LogP contribution in [-0.4, -0.2) is 37.9 Å². The third-order valence-electron chi connectivity index (χ3n) is 5.28. The summed E-state index contributed by atoms with van der Waals surface area (Å²) in [5, 5.41) is 20.5. The van der Waals surface area contributed by atoms with Crippen molar-refractivity contribution >= 4 is 54.4 Å². The van der Waals surface area contributed by atoms with Crippen LogP contribution in [0.1, 0.15) is 69.7 Å². The van der Waals surface area contributed by atoms with E-state index in [9.17, 15) is 4.79 Å². The van der Waals surface area contributed by atoms with Crippen molar-refractivity contribution < 1.29 is 9.90 Å². The minimum absolute atomic E-state index is 0.106. The molecular formula is C26H39ClN3O2Sn. The summed E-state index contributed by atoms with van der Waals surface area (Å²) < 4.78 is 5.04. The SMILES string of the molecule is CCC[CH2][Sn]([CH2]CCC)[CH2]CCC.CNc1ccc(N=Nc2ccccc2C(=O)O)cc1Cl. The van der Waals surface area contributed by atoms with Gasteiger partial charge in [-0.25, -0.2) is 4.79 Å². The van der Waals surface area contributed by atoms with Crippen molar-refractivity contribution in [2.24, 2.45) is 10.2 Å². The van der Waals surface area contributed by atoms with Gasteiger partial charge in [0.25, 0.3) is 0 Å². The van der Waals surface area contributed by atoms with Gasteiger partial charge in [0.05, 0.1) is 22.0 Å². The van der Waals surface area contributed by atoms with Gasteiger partial charge in [0.2, 0.25) is 0 Å². The zero-order valence-electron chi connectivity index (χ0n) is 20.5. The molecule has 0 aliphatic carbocycles. The fourth-order valence-corrected chi connectivity index (χ4v) is 13.0. The predicted octanol–water partition coefficient (Wildman–Crippen LogP) is 9.38. The van der Waals surface area contributed by atoms with Crippen LogP contribution in [-0.2, 0) is 0 Å². The quantitative estimate of drug-likeness (QED) is 0.183. The van der Waals surface area contributed by atoms with E-state index in [0.29, 0.717) is 16.4 Å².